The van der Waals surface area contributed by atoms with Crippen LogP contribution in [0.15, 0.2) is 36.8 Å². The number of aromatic nitrogens is 4. The fourth-order valence-electron chi connectivity index (χ4n) is 3.50. The Morgan fingerprint density at radius 2 is 1.91 bits per heavy atom. The highest BCUT2D eigenvalue weighted by Gasteiger charge is 2.19. The van der Waals surface area contributed by atoms with Crippen molar-refractivity contribution < 1.29 is 19.0 Å². The maximum absolute atomic E-state index is 12.3. The number of hydrogen-bond acceptors (Lipinski definition) is 10. The maximum Gasteiger partial charge on any atom is 0.258 e. The summed E-state index contributed by atoms with van der Waals surface area (Å²) >= 11 is 0. The highest BCUT2D eigenvalue weighted by atomic mass is 16.5. The van der Waals surface area contributed by atoms with Gasteiger partial charge < -0.3 is 24.4 Å². The number of amides is 1. The molecule has 1 saturated heterocycles. The number of ether oxygens (including phenoxy) is 3. The maximum atomic E-state index is 12.3. The Labute approximate surface area is 202 Å². The van der Waals surface area contributed by atoms with E-state index in [0.29, 0.717) is 53.1 Å². The van der Waals surface area contributed by atoms with E-state index in [0.717, 1.165) is 12.8 Å². The summed E-state index contributed by atoms with van der Waals surface area (Å²) in [6.07, 6.45) is 4.49. The number of nitrogens with one attached hydrogen (secondary N) is 1. The van der Waals surface area contributed by atoms with Gasteiger partial charge in [0.25, 0.3) is 5.91 Å². The van der Waals surface area contributed by atoms with Crippen molar-refractivity contribution in [2.24, 2.45) is 0 Å². The molecule has 0 atom stereocenters. The van der Waals surface area contributed by atoms with Crippen LogP contribution in [0.4, 0.5) is 11.6 Å². The van der Waals surface area contributed by atoms with Gasteiger partial charge in [0.2, 0.25) is 5.88 Å². The van der Waals surface area contributed by atoms with Crippen LogP contribution in [-0.2, 0) is 4.74 Å². The van der Waals surface area contributed by atoms with Gasteiger partial charge in [-0.3, -0.25) is 9.78 Å². The summed E-state index contributed by atoms with van der Waals surface area (Å²) in [6.45, 7) is 1.29. The minimum atomic E-state index is -0.214. The van der Waals surface area contributed by atoms with Gasteiger partial charge in [-0.05, 0) is 18.2 Å². The molecular formula is C24H25N7O4. The average molecular weight is 476 g/mol. The highest BCUT2D eigenvalue weighted by molar-refractivity contribution is 5.96. The van der Waals surface area contributed by atoms with Crippen molar-refractivity contribution in [2.45, 2.75) is 18.9 Å². The molecule has 11 nitrogen and oxygen atoms in total. The molecule has 4 heterocycles. The van der Waals surface area contributed by atoms with E-state index < -0.39 is 0 Å². The van der Waals surface area contributed by atoms with Gasteiger partial charge in [0.1, 0.15) is 35.7 Å². The Hall–Kier alpha value is -4.30. The number of hydrogen-bond donors (Lipinski definition) is 1. The molecule has 4 rings (SSSR count). The monoisotopic (exact) mass is 475 g/mol. The SMILES string of the molecule is COc1nc(Nc2cc(-c3cc(C#N)c(OC4CCOCC4)cn3)ncn2)ccc1C(=O)N(C)C. The van der Waals surface area contributed by atoms with Crippen molar-refractivity contribution in [3.63, 3.8) is 0 Å². The third kappa shape index (κ3) is 5.62. The molecule has 0 saturated carbocycles. The number of nitrogens with zero attached hydrogens (tertiary/aromatic N) is 6. The van der Waals surface area contributed by atoms with Crippen LogP contribution in [0.25, 0.3) is 11.4 Å². The molecule has 3 aromatic rings. The molecule has 35 heavy (non-hydrogen) atoms. The van der Waals surface area contributed by atoms with Crippen LogP contribution in [0, 0.1) is 11.3 Å². The first kappa shape index (κ1) is 23.8. The third-order valence-corrected chi connectivity index (χ3v) is 5.33. The van der Waals surface area contributed by atoms with Gasteiger partial charge in [-0.25, -0.2) is 9.97 Å². The molecule has 0 radical (unpaired) electrons. The van der Waals surface area contributed by atoms with E-state index in [2.05, 4.69) is 31.3 Å². The molecule has 11 heteroatoms. The summed E-state index contributed by atoms with van der Waals surface area (Å²) in [7, 11) is 4.77. The third-order valence-electron chi connectivity index (χ3n) is 5.33. The van der Waals surface area contributed by atoms with E-state index in [1.807, 2.05) is 0 Å². The minimum Gasteiger partial charge on any atom is -0.487 e. The number of carbonyl (C=O) groups is 1. The van der Waals surface area contributed by atoms with Crippen molar-refractivity contribution in [1.29, 1.82) is 5.26 Å². The first-order valence-electron chi connectivity index (χ1n) is 11.0. The Morgan fingerprint density at radius 3 is 2.63 bits per heavy atom. The van der Waals surface area contributed by atoms with Crippen molar-refractivity contribution in [2.75, 3.05) is 39.7 Å². The second-order valence-electron chi connectivity index (χ2n) is 7.97. The van der Waals surface area contributed by atoms with E-state index in [4.69, 9.17) is 14.2 Å². The lowest BCUT2D eigenvalue weighted by molar-refractivity contribution is 0.0253. The second kappa shape index (κ2) is 10.8. The number of methoxy groups -OCH3 is 1. The van der Waals surface area contributed by atoms with Crippen LogP contribution >= 0.6 is 0 Å². The summed E-state index contributed by atoms with van der Waals surface area (Å²) < 4.78 is 16.6. The summed E-state index contributed by atoms with van der Waals surface area (Å²) in [5, 5.41) is 12.7. The molecule has 1 aliphatic rings. The fraction of sp³-hybridized carbons (Fsp3) is 0.333. The second-order valence-corrected chi connectivity index (χ2v) is 7.97. The summed E-state index contributed by atoms with van der Waals surface area (Å²) in [4.78, 5) is 31.1. The Kier molecular flexibility index (Phi) is 7.32. The summed E-state index contributed by atoms with van der Waals surface area (Å²) in [6, 6.07) is 8.80. The number of pyridine rings is 2. The highest BCUT2D eigenvalue weighted by Crippen LogP contribution is 2.27. The average Bonchev–Trinajstić information content (AvgIpc) is 2.89. The van der Waals surface area contributed by atoms with E-state index >= 15 is 0 Å². The van der Waals surface area contributed by atoms with Gasteiger partial charge in [-0.2, -0.15) is 10.2 Å². The molecule has 3 aromatic heterocycles. The fourth-order valence-corrected chi connectivity index (χ4v) is 3.50. The lowest BCUT2D eigenvalue weighted by Gasteiger charge is -2.23. The van der Waals surface area contributed by atoms with Gasteiger partial charge in [-0.15, -0.1) is 0 Å². The van der Waals surface area contributed by atoms with Gasteiger partial charge in [0, 0.05) is 33.0 Å². The largest absolute Gasteiger partial charge is 0.487 e. The predicted molar refractivity (Wildman–Crippen MR) is 127 cm³/mol. The van der Waals surface area contributed by atoms with Gasteiger partial charge in [-0.1, -0.05) is 0 Å². The Bertz CT molecular complexity index is 1250. The van der Waals surface area contributed by atoms with Crippen molar-refractivity contribution in [3.8, 4) is 29.1 Å². The number of anilines is 2. The predicted octanol–water partition coefficient (Wildman–Crippen LogP) is 2.82. The topological polar surface area (TPSA) is 135 Å². The molecule has 180 valence electrons. The molecule has 0 unspecified atom stereocenters. The summed E-state index contributed by atoms with van der Waals surface area (Å²) in [5.41, 5.74) is 1.75. The first-order valence-corrected chi connectivity index (χ1v) is 11.0. The lowest BCUT2D eigenvalue weighted by atomic mass is 10.1. The van der Waals surface area contributed by atoms with Gasteiger partial charge in [0.05, 0.1) is 43.5 Å². The molecule has 1 aliphatic heterocycles. The molecule has 0 aromatic carbocycles. The summed E-state index contributed by atoms with van der Waals surface area (Å²) in [5.74, 6) is 1.32. The van der Waals surface area contributed by atoms with Crippen molar-refractivity contribution in [1.82, 2.24) is 24.8 Å². The number of rotatable bonds is 7. The molecule has 1 N–H and O–H groups in total. The van der Waals surface area contributed by atoms with Crippen LogP contribution in [-0.4, -0.2) is 71.3 Å². The first-order chi connectivity index (χ1) is 17.0. The van der Waals surface area contributed by atoms with E-state index in [9.17, 15) is 10.1 Å². The van der Waals surface area contributed by atoms with Gasteiger partial charge >= 0.3 is 0 Å². The zero-order valence-electron chi connectivity index (χ0n) is 19.7. The molecular weight excluding hydrogens is 450 g/mol. The van der Waals surface area contributed by atoms with E-state index in [1.165, 1.54) is 18.3 Å². The molecule has 0 spiro atoms. The quantitative estimate of drug-likeness (QED) is 0.543. The number of nitriles is 1. The lowest BCUT2D eigenvalue weighted by Crippen LogP contribution is -2.26. The molecule has 0 bridgehead atoms. The van der Waals surface area contributed by atoms with Crippen LogP contribution < -0.4 is 14.8 Å². The zero-order valence-corrected chi connectivity index (χ0v) is 19.7. The minimum absolute atomic E-state index is 0.00209. The van der Waals surface area contributed by atoms with E-state index in [-0.39, 0.29) is 17.9 Å². The van der Waals surface area contributed by atoms with Crippen molar-refractivity contribution in [3.05, 3.63) is 47.9 Å². The van der Waals surface area contributed by atoms with Crippen molar-refractivity contribution >= 4 is 17.5 Å². The van der Waals surface area contributed by atoms with Crippen LogP contribution in [0.5, 0.6) is 11.6 Å². The Balaban J connectivity index is 1.54. The van der Waals surface area contributed by atoms with Crippen LogP contribution in [0.1, 0.15) is 28.8 Å². The molecule has 1 amide bonds. The van der Waals surface area contributed by atoms with Crippen LogP contribution in [0.3, 0.4) is 0 Å². The Morgan fingerprint density at radius 1 is 1.14 bits per heavy atom. The molecule has 1 fully saturated rings. The molecule has 0 aliphatic carbocycles. The number of carbonyl (C=O) groups excluding carboxylic acids is 1. The van der Waals surface area contributed by atoms with Gasteiger partial charge in [0.15, 0.2) is 5.75 Å². The van der Waals surface area contributed by atoms with E-state index in [1.54, 1.807) is 44.6 Å². The zero-order chi connectivity index (χ0) is 24.8. The standard InChI is InChI=1S/C24H25N7O4/c1-31(2)24(32)17-4-5-21(30-23(17)33-3)29-22-11-19(27-14-28-22)18-10-15(12-25)20(13-26-18)35-16-6-8-34-9-7-16/h4-5,10-11,13-14,16H,6-9H2,1-3H3,(H,27,28,29,30). The normalized spacial score (nSPS) is 13.5. The smallest absolute Gasteiger partial charge is 0.258 e. The van der Waals surface area contributed by atoms with Crippen LogP contribution in [0.2, 0.25) is 0 Å².